The summed E-state index contributed by atoms with van der Waals surface area (Å²) in [6.45, 7) is 8.06. The van der Waals surface area contributed by atoms with Crippen molar-refractivity contribution in [3.63, 3.8) is 0 Å². The third-order valence-electron chi connectivity index (χ3n) is 5.82. The maximum Gasteiger partial charge on any atom is 0.187 e. The van der Waals surface area contributed by atoms with Crippen molar-refractivity contribution in [2.75, 3.05) is 10.6 Å². The van der Waals surface area contributed by atoms with Crippen LogP contribution in [0.4, 0.5) is 11.4 Å². The van der Waals surface area contributed by atoms with Crippen molar-refractivity contribution in [2.45, 2.75) is 53.4 Å². The van der Waals surface area contributed by atoms with E-state index >= 15 is 0 Å². The summed E-state index contributed by atoms with van der Waals surface area (Å²) in [5, 5.41) is 6.53. The summed E-state index contributed by atoms with van der Waals surface area (Å²) in [4.78, 5) is 25.4. The Labute approximate surface area is 215 Å². The van der Waals surface area contributed by atoms with Crippen molar-refractivity contribution in [1.82, 2.24) is 0 Å². The molecule has 36 heavy (non-hydrogen) atoms. The maximum absolute atomic E-state index is 12.7. The molecule has 0 saturated heterocycles. The van der Waals surface area contributed by atoms with E-state index in [9.17, 15) is 9.59 Å². The molecule has 186 valence electrons. The molecule has 2 N–H and O–H groups in total. The standard InChI is InChI=1S/C32H36N2O2/c1-5-7-25-9-17-29(18-10-25)33-23(3)21-31(35)27-13-15-28(16-14-27)32(36)22-24(4)34-30-19-11-26(8-6-2)12-20-30/h9-22,33-34H,5-8H2,1-4H3. The van der Waals surface area contributed by atoms with E-state index in [1.807, 2.05) is 38.1 Å². The molecule has 0 spiro atoms. The van der Waals surface area contributed by atoms with Crippen LogP contribution in [-0.2, 0) is 12.8 Å². The molecule has 4 nitrogen and oxygen atoms in total. The fourth-order valence-corrected chi connectivity index (χ4v) is 3.97. The normalized spacial score (nSPS) is 11.8. The number of hydrogen-bond donors (Lipinski definition) is 2. The Morgan fingerprint density at radius 2 is 0.917 bits per heavy atom. The summed E-state index contributed by atoms with van der Waals surface area (Å²) in [6, 6.07) is 23.3. The number of allylic oxidation sites excluding steroid dienone is 4. The first-order valence-electron chi connectivity index (χ1n) is 12.6. The lowest BCUT2D eigenvalue weighted by Crippen LogP contribution is -2.04. The third kappa shape index (κ3) is 8.09. The number of carbonyl (C=O) groups is 2. The number of benzene rings is 3. The molecule has 0 amide bonds. The predicted octanol–water partition coefficient (Wildman–Crippen LogP) is 7.99. The van der Waals surface area contributed by atoms with Crippen LogP contribution in [0.1, 0.15) is 72.4 Å². The molecule has 0 aromatic heterocycles. The molecular weight excluding hydrogens is 444 g/mol. The van der Waals surface area contributed by atoms with Gasteiger partial charge in [0.25, 0.3) is 0 Å². The second-order valence-corrected chi connectivity index (χ2v) is 9.10. The molecule has 0 heterocycles. The lowest BCUT2D eigenvalue weighted by Gasteiger charge is -2.08. The Balaban J connectivity index is 1.58. The van der Waals surface area contributed by atoms with Crippen LogP contribution < -0.4 is 10.6 Å². The van der Waals surface area contributed by atoms with Crippen LogP contribution in [-0.4, -0.2) is 11.6 Å². The van der Waals surface area contributed by atoms with E-state index in [-0.39, 0.29) is 11.6 Å². The van der Waals surface area contributed by atoms with E-state index < -0.39 is 0 Å². The van der Waals surface area contributed by atoms with Crippen molar-refractivity contribution in [1.29, 1.82) is 0 Å². The molecular formula is C32H36N2O2. The number of nitrogens with one attached hydrogen (secondary N) is 2. The van der Waals surface area contributed by atoms with Crippen molar-refractivity contribution >= 4 is 22.9 Å². The van der Waals surface area contributed by atoms with Crippen LogP contribution in [0.2, 0.25) is 0 Å². The SMILES string of the molecule is CCCc1ccc(NC(C)=CC(=O)c2ccc(C(=O)C=C(C)Nc3ccc(CCC)cc3)cc2)cc1. The number of ketones is 2. The predicted molar refractivity (Wildman–Crippen MR) is 151 cm³/mol. The summed E-state index contributed by atoms with van der Waals surface area (Å²) < 4.78 is 0. The summed E-state index contributed by atoms with van der Waals surface area (Å²) in [5.74, 6) is -0.219. The number of carbonyl (C=O) groups excluding carboxylic acids is 2. The van der Waals surface area contributed by atoms with E-state index in [4.69, 9.17) is 0 Å². The highest BCUT2D eigenvalue weighted by Crippen LogP contribution is 2.16. The van der Waals surface area contributed by atoms with E-state index in [0.717, 1.165) is 48.5 Å². The van der Waals surface area contributed by atoms with Gasteiger partial charge in [-0.15, -0.1) is 0 Å². The zero-order valence-corrected chi connectivity index (χ0v) is 21.7. The fraction of sp³-hybridized carbons (Fsp3) is 0.250. The van der Waals surface area contributed by atoms with E-state index in [1.54, 1.807) is 36.4 Å². The molecule has 0 aliphatic rings. The maximum atomic E-state index is 12.7. The number of anilines is 2. The van der Waals surface area contributed by atoms with Gasteiger partial charge in [-0.3, -0.25) is 9.59 Å². The molecule has 0 fully saturated rings. The van der Waals surface area contributed by atoms with E-state index in [0.29, 0.717) is 11.1 Å². The molecule has 3 aromatic rings. The van der Waals surface area contributed by atoms with Gasteiger partial charge < -0.3 is 10.6 Å². The quantitative estimate of drug-likeness (QED) is 0.204. The molecule has 0 saturated carbocycles. The van der Waals surface area contributed by atoms with Crippen LogP contribution >= 0.6 is 0 Å². The monoisotopic (exact) mass is 480 g/mol. The molecule has 3 rings (SSSR count). The summed E-state index contributed by atoms with van der Waals surface area (Å²) >= 11 is 0. The lowest BCUT2D eigenvalue weighted by atomic mass is 10.0. The second-order valence-electron chi connectivity index (χ2n) is 9.10. The zero-order valence-electron chi connectivity index (χ0n) is 21.7. The van der Waals surface area contributed by atoms with Gasteiger partial charge in [0, 0.05) is 46.0 Å². The minimum Gasteiger partial charge on any atom is -0.359 e. The van der Waals surface area contributed by atoms with E-state index in [1.165, 1.54) is 11.1 Å². The highest BCUT2D eigenvalue weighted by atomic mass is 16.1. The topological polar surface area (TPSA) is 58.2 Å². The Bertz CT molecular complexity index is 1120. The Kier molecular flexibility index (Phi) is 9.82. The van der Waals surface area contributed by atoms with Gasteiger partial charge >= 0.3 is 0 Å². The van der Waals surface area contributed by atoms with Crippen LogP contribution in [0.15, 0.2) is 96.3 Å². The van der Waals surface area contributed by atoms with Gasteiger partial charge in [-0.2, -0.15) is 0 Å². The van der Waals surface area contributed by atoms with Gasteiger partial charge in [-0.1, -0.05) is 75.2 Å². The molecule has 0 aliphatic carbocycles. The van der Waals surface area contributed by atoms with Crippen LogP contribution in [0, 0.1) is 0 Å². The van der Waals surface area contributed by atoms with Gasteiger partial charge in [0.05, 0.1) is 0 Å². The summed E-state index contributed by atoms with van der Waals surface area (Å²) in [6.07, 6.45) is 7.51. The molecule has 0 aliphatic heterocycles. The van der Waals surface area contributed by atoms with Crippen LogP contribution in [0.5, 0.6) is 0 Å². The van der Waals surface area contributed by atoms with Gasteiger partial charge in [0.2, 0.25) is 0 Å². The first kappa shape index (κ1) is 26.7. The fourth-order valence-electron chi connectivity index (χ4n) is 3.97. The van der Waals surface area contributed by atoms with Gasteiger partial charge in [0.15, 0.2) is 11.6 Å². The van der Waals surface area contributed by atoms with Crippen molar-refractivity contribution in [2.24, 2.45) is 0 Å². The minimum atomic E-state index is -0.110. The van der Waals surface area contributed by atoms with Gasteiger partial charge in [-0.05, 0) is 62.1 Å². The van der Waals surface area contributed by atoms with Crippen LogP contribution in [0.3, 0.4) is 0 Å². The Morgan fingerprint density at radius 1 is 0.583 bits per heavy atom. The first-order valence-corrected chi connectivity index (χ1v) is 12.6. The summed E-state index contributed by atoms with van der Waals surface area (Å²) in [7, 11) is 0. The van der Waals surface area contributed by atoms with Crippen molar-refractivity contribution < 1.29 is 9.59 Å². The molecule has 0 radical (unpaired) electrons. The molecule has 0 atom stereocenters. The number of aryl methyl sites for hydroxylation is 2. The Morgan fingerprint density at radius 3 is 1.22 bits per heavy atom. The minimum absolute atomic E-state index is 0.110. The largest absolute Gasteiger partial charge is 0.359 e. The highest BCUT2D eigenvalue weighted by molar-refractivity contribution is 6.08. The lowest BCUT2D eigenvalue weighted by molar-refractivity contribution is 0.103. The molecule has 3 aromatic carbocycles. The zero-order chi connectivity index (χ0) is 25.9. The molecule has 0 bridgehead atoms. The highest BCUT2D eigenvalue weighted by Gasteiger charge is 2.08. The number of hydrogen-bond acceptors (Lipinski definition) is 4. The number of rotatable bonds is 12. The van der Waals surface area contributed by atoms with Crippen molar-refractivity contribution in [3.8, 4) is 0 Å². The average Bonchev–Trinajstić information content (AvgIpc) is 2.86. The average molecular weight is 481 g/mol. The van der Waals surface area contributed by atoms with Crippen molar-refractivity contribution in [3.05, 3.63) is 119 Å². The van der Waals surface area contributed by atoms with Crippen LogP contribution in [0.25, 0.3) is 0 Å². The van der Waals surface area contributed by atoms with E-state index in [2.05, 4.69) is 48.7 Å². The second kappa shape index (κ2) is 13.2. The Hall–Kier alpha value is -3.92. The smallest absolute Gasteiger partial charge is 0.187 e. The summed E-state index contributed by atoms with van der Waals surface area (Å²) in [5.41, 5.74) is 7.10. The molecule has 4 heteroatoms. The first-order chi connectivity index (χ1) is 17.4. The third-order valence-corrected chi connectivity index (χ3v) is 5.82. The van der Waals surface area contributed by atoms with Gasteiger partial charge in [0.1, 0.15) is 0 Å². The molecule has 0 unspecified atom stereocenters. The van der Waals surface area contributed by atoms with Gasteiger partial charge in [-0.25, -0.2) is 0 Å².